The van der Waals surface area contributed by atoms with E-state index in [1.807, 2.05) is 50.2 Å². The zero-order chi connectivity index (χ0) is 22.5. The van der Waals surface area contributed by atoms with Crippen LogP contribution < -0.4 is 10.1 Å². The van der Waals surface area contributed by atoms with Crippen LogP contribution in [0, 0.1) is 13.8 Å². The maximum Gasteiger partial charge on any atom is 0.253 e. The number of aryl methyl sites for hydroxylation is 1. The van der Waals surface area contributed by atoms with Crippen molar-refractivity contribution >= 4 is 28.8 Å². The lowest BCUT2D eigenvalue weighted by Gasteiger charge is -2.09. The van der Waals surface area contributed by atoms with Gasteiger partial charge < -0.3 is 14.6 Å². The van der Waals surface area contributed by atoms with Crippen LogP contribution in [0.4, 0.5) is 0 Å². The van der Waals surface area contributed by atoms with Gasteiger partial charge in [0, 0.05) is 27.4 Å². The van der Waals surface area contributed by atoms with Crippen LogP contribution in [0.5, 0.6) is 5.75 Å². The van der Waals surface area contributed by atoms with Gasteiger partial charge in [-0.05, 0) is 38.1 Å². The Labute approximate surface area is 196 Å². The molecule has 2 aromatic carbocycles. The monoisotopic (exact) mass is 465 g/mol. The van der Waals surface area contributed by atoms with Crippen molar-refractivity contribution < 1.29 is 9.53 Å². The number of carbonyl (C=O) groups excluding carboxylic acids is 1. The van der Waals surface area contributed by atoms with Crippen molar-refractivity contribution in [2.24, 2.45) is 0 Å². The number of rotatable bonds is 8. The molecule has 0 bridgehead atoms. The van der Waals surface area contributed by atoms with E-state index in [-0.39, 0.29) is 5.91 Å². The fourth-order valence-corrected chi connectivity index (χ4v) is 4.51. The molecule has 0 saturated carbocycles. The van der Waals surface area contributed by atoms with Crippen LogP contribution in [-0.2, 0) is 6.54 Å². The average molecular weight is 466 g/mol. The van der Waals surface area contributed by atoms with Gasteiger partial charge in [0.15, 0.2) is 0 Å². The fourth-order valence-electron chi connectivity index (χ4n) is 3.51. The number of nitrogens with zero attached hydrogens (tertiary/aromatic N) is 2. The van der Waals surface area contributed by atoms with E-state index in [4.69, 9.17) is 21.3 Å². The molecular weight excluding hydrogens is 442 g/mol. The summed E-state index contributed by atoms with van der Waals surface area (Å²) in [5, 5.41) is 6.63. The van der Waals surface area contributed by atoms with Gasteiger partial charge in [0.2, 0.25) is 0 Å². The summed E-state index contributed by atoms with van der Waals surface area (Å²) in [5.41, 5.74) is 4.72. The number of halogens is 1. The molecule has 2 aromatic heterocycles. The molecule has 7 heteroatoms. The van der Waals surface area contributed by atoms with Crippen molar-refractivity contribution in [1.82, 2.24) is 14.9 Å². The molecule has 0 radical (unpaired) electrons. The maximum absolute atomic E-state index is 12.7. The van der Waals surface area contributed by atoms with Gasteiger partial charge in [-0.15, -0.1) is 11.3 Å². The van der Waals surface area contributed by atoms with Gasteiger partial charge in [-0.2, -0.15) is 0 Å². The second kappa shape index (κ2) is 10.0. The molecule has 0 aliphatic rings. The van der Waals surface area contributed by atoms with Crippen molar-refractivity contribution in [3.63, 3.8) is 0 Å². The molecule has 0 aliphatic heterocycles. The van der Waals surface area contributed by atoms with Crippen LogP contribution in [0.25, 0.3) is 10.6 Å². The van der Waals surface area contributed by atoms with E-state index in [2.05, 4.69) is 27.4 Å². The van der Waals surface area contributed by atoms with Crippen molar-refractivity contribution in [1.29, 1.82) is 0 Å². The van der Waals surface area contributed by atoms with Crippen molar-refractivity contribution in [3.8, 4) is 16.3 Å². The topological polar surface area (TPSA) is 56.1 Å². The van der Waals surface area contributed by atoms with Gasteiger partial charge in [-0.3, -0.25) is 4.79 Å². The highest BCUT2D eigenvalue weighted by Crippen LogP contribution is 2.25. The molecule has 1 N–H and O–H groups in total. The standard InChI is InChI=1S/C25H24ClN3O2S/c1-17-13-23(24(30)27-11-12-31-22-10-6-9-20(26)14-22)18(2)29(17)15-21-16-32-25(28-21)19-7-4-3-5-8-19/h3-10,13-14,16H,11-12,15H2,1-2H3,(H,27,30). The Balaban J connectivity index is 1.37. The lowest BCUT2D eigenvalue weighted by atomic mass is 10.2. The Hall–Kier alpha value is -3.09. The molecule has 2 heterocycles. The third-order valence-corrected chi connectivity index (χ3v) is 6.34. The molecular formula is C25H24ClN3O2S. The number of hydrogen-bond donors (Lipinski definition) is 1. The Morgan fingerprint density at radius 3 is 2.72 bits per heavy atom. The predicted molar refractivity (Wildman–Crippen MR) is 130 cm³/mol. The largest absolute Gasteiger partial charge is 0.492 e. The summed E-state index contributed by atoms with van der Waals surface area (Å²) in [6.07, 6.45) is 0. The van der Waals surface area contributed by atoms with Gasteiger partial charge in [-0.1, -0.05) is 48.0 Å². The molecule has 4 rings (SSSR count). The van der Waals surface area contributed by atoms with Crippen LogP contribution in [0.15, 0.2) is 66.0 Å². The molecule has 0 fully saturated rings. The first-order chi connectivity index (χ1) is 15.5. The maximum atomic E-state index is 12.7. The molecule has 0 saturated heterocycles. The van der Waals surface area contributed by atoms with Crippen LogP contribution in [0.3, 0.4) is 0 Å². The highest BCUT2D eigenvalue weighted by molar-refractivity contribution is 7.13. The third kappa shape index (κ3) is 5.21. The van der Waals surface area contributed by atoms with Gasteiger partial charge in [-0.25, -0.2) is 4.98 Å². The average Bonchev–Trinajstić information content (AvgIpc) is 3.38. The number of ether oxygens (including phenoxy) is 1. The van der Waals surface area contributed by atoms with E-state index >= 15 is 0 Å². The second-order valence-electron chi connectivity index (χ2n) is 7.44. The first kappa shape index (κ1) is 22.1. The number of thiazole rings is 1. The van der Waals surface area contributed by atoms with E-state index in [0.717, 1.165) is 27.7 Å². The summed E-state index contributed by atoms with van der Waals surface area (Å²) in [4.78, 5) is 17.5. The van der Waals surface area contributed by atoms with Crippen LogP contribution in [0.1, 0.15) is 27.4 Å². The summed E-state index contributed by atoms with van der Waals surface area (Å²) in [6, 6.07) is 19.3. The zero-order valence-corrected chi connectivity index (χ0v) is 19.5. The molecule has 1 amide bonds. The van der Waals surface area contributed by atoms with E-state index in [1.165, 1.54) is 0 Å². The van der Waals surface area contributed by atoms with Crippen molar-refractivity contribution in [2.75, 3.05) is 13.2 Å². The Morgan fingerprint density at radius 1 is 1.12 bits per heavy atom. The number of nitrogens with one attached hydrogen (secondary N) is 1. The van der Waals surface area contributed by atoms with Gasteiger partial charge in [0.25, 0.3) is 5.91 Å². The Kier molecular flexibility index (Phi) is 6.93. The molecule has 0 atom stereocenters. The molecule has 4 aromatic rings. The lowest BCUT2D eigenvalue weighted by Crippen LogP contribution is -2.28. The van der Waals surface area contributed by atoms with Gasteiger partial charge >= 0.3 is 0 Å². The van der Waals surface area contributed by atoms with Crippen molar-refractivity contribution in [2.45, 2.75) is 20.4 Å². The van der Waals surface area contributed by atoms with Crippen LogP contribution in [0.2, 0.25) is 5.02 Å². The minimum atomic E-state index is -0.109. The quantitative estimate of drug-likeness (QED) is 0.337. The molecule has 32 heavy (non-hydrogen) atoms. The SMILES string of the molecule is Cc1cc(C(=O)NCCOc2cccc(Cl)c2)c(C)n1Cc1csc(-c2ccccc2)n1. The van der Waals surface area contributed by atoms with E-state index in [1.54, 1.807) is 23.5 Å². The summed E-state index contributed by atoms with van der Waals surface area (Å²) < 4.78 is 7.76. The third-order valence-electron chi connectivity index (χ3n) is 5.16. The number of hydrogen-bond acceptors (Lipinski definition) is 4. The Bertz CT molecular complexity index is 1220. The van der Waals surface area contributed by atoms with E-state index in [0.29, 0.717) is 36.0 Å². The molecule has 5 nitrogen and oxygen atoms in total. The molecule has 0 unspecified atom stereocenters. The molecule has 164 valence electrons. The minimum Gasteiger partial charge on any atom is -0.492 e. The highest BCUT2D eigenvalue weighted by Gasteiger charge is 2.16. The first-order valence-electron chi connectivity index (χ1n) is 10.3. The minimum absolute atomic E-state index is 0.109. The molecule has 0 aliphatic carbocycles. The van der Waals surface area contributed by atoms with E-state index < -0.39 is 0 Å². The zero-order valence-electron chi connectivity index (χ0n) is 18.0. The number of carbonyl (C=O) groups is 1. The predicted octanol–water partition coefficient (Wildman–Crippen LogP) is 5.74. The lowest BCUT2D eigenvalue weighted by molar-refractivity contribution is 0.0946. The number of aromatic nitrogens is 2. The molecule has 0 spiro atoms. The first-order valence-corrected chi connectivity index (χ1v) is 11.6. The summed E-state index contributed by atoms with van der Waals surface area (Å²) >= 11 is 7.59. The van der Waals surface area contributed by atoms with Crippen LogP contribution in [-0.4, -0.2) is 28.6 Å². The number of amides is 1. The van der Waals surface area contributed by atoms with Gasteiger partial charge in [0.1, 0.15) is 17.4 Å². The smallest absolute Gasteiger partial charge is 0.253 e. The second-order valence-corrected chi connectivity index (χ2v) is 8.74. The fraction of sp³-hybridized carbons (Fsp3) is 0.200. The Morgan fingerprint density at radius 2 is 1.94 bits per heavy atom. The van der Waals surface area contributed by atoms with Gasteiger partial charge in [0.05, 0.1) is 24.3 Å². The number of benzene rings is 2. The highest BCUT2D eigenvalue weighted by atomic mass is 35.5. The van der Waals surface area contributed by atoms with Crippen LogP contribution >= 0.6 is 22.9 Å². The summed E-state index contributed by atoms with van der Waals surface area (Å²) in [5.74, 6) is 0.574. The van der Waals surface area contributed by atoms with Crippen molar-refractivity contribution in [3.05, 3.63) is 93.7 Å². The summed E-state index contributed by atoms with van der Waals surface area (Å²) in [7, 11) is 0. The van der Waals surface area contributed by atoms with E-state index in [9.17, 15) is 4.79 Å². The summed E-state index contributed by atoms with van der Waals surface area (Å²) in [6.45, 7) is 5.38. The normalized spacial score (nSPS) is 10.8.